The van der Waals surface area contributed by atoms with Gasteiger partial charge in [-0.25, -0.2) is 4.79 Å². The van der Waals surface area contributed by atoms with E-state index in [2.05, 4.69) is 5.32 Å². The molecule has 1 atom stereocenters. The lowest BCUT2D eigenvalue weighted by Gasteiger charge is -2.11. The lowest BCUT2D eigenvalue weighted by molar-refractivity contribution is 0.155. The Balaban J connectivity index is 1.90. The van der Waals surface area contributed by atoms with E-state index >= 15 is 0 Å². The number of benzene rings is 2. The number of hydrogen-bond acceptors (Lipinski definition) is 3. The number of amides is 1. The lowest BCUT2D eigenvalue weighted by Crippen LogP contribution is -2.13. The summed E-state index contributed by atoms with van der Waals surface area (Å²) in [7, 11) is 0. The van der Waals surface area contributed by atoms with Crippen molar-refractivity contribution in [2.45, 2.75) is 26.1 Å². The van der Waals surface area contributed by atoms with E-state index in [0.717, 1.165) is 11.1 Å². The summed E-state index contributed by atoms with van der Waals surface area (Å²) < 4.78 is 5.15. The summed E-state index contributed by atoms with van der Waals surface area (Å²) in [6.07, 6.45) is -0.406. The quantitative estimate of drug-likeness (QED) is 0.876. The number of aliphatic hydroxyl groups excluding tert-OH is 1. The maximum Gasteiger partial charge on any atom is 0.411 e. The number of ether oxygens (including phenoxy) is 1. The van der Waals surface area contributed by atoms with Gasteiger partial charge in [0.15, 0.2) is 0 Å². The molecule has 0 aliphatic rings. The molecule has 2 aromatic rings. The molecule has 0 aliphatic heterocycles. The normalized spacial score (nSPS) is 11.7. The summed E-state index contributed by atoms with van der Waals surface area (Å²) in [4.78, 5) is 11.7. The molecular formula is C17H19NO3. The summed E-state index contributed by atoms with van der Waals surface area (Å²) in [5.74, 6) is 0. The number of aliphatic hydroxyl groups is 1. The van der Waals surface area contributed by atoms with Crippen LogP contribution in [0.3, 0.4) is 0 Å². The highest BCUT2D eigenvalue weighted by Gasteiger charge is 2.08. The van der Waals surface area contributed by atoms with E-state index in [1.165, 1.54) is 0 Å². The minimum absolute atomic E-state index is 0.226. The molecule has 110 valence electrons. The van der Waals surface area contributed by atoms with Crippen LogP contribution in [0.4, 0.5) is 10.5 Å². The largest absolute Gasteiger partial charge is 0.444 e. The van der Waals surface area contributed by atoms with Crippen LogP contribution in [0.25, 0.3) is 0 Å². The summed E-state index contributed by atoms with van der Waals surface area (Å²) in [5.41, 5.74) is 2.32. The van der Waals surface area contributed by atoms with Gasteiger partial charge in [0.2, 0.25) is 0 Å². The molecule has 0 heterocycles. The van der Waals surface area contributed by atoms with Crippen LogP contribution in [0.15, 0.2) is 54.6 Å². The fourth-order valence-electron chi connectivity index (χ4n) is 1.94. The minimum atomic E-state index is -0.521. The monoisotopic (exact) mass is 285 g/mol. The molecule has 4 heteroatoms. The molecule has 0 aliphatic carbocycles. The van der Waals surface area contributed by atoms with E-state index in [9.17, 15) is 9.90 Å². The zero-order valence-electron chi connectivity index (χ0n) is 12.0. The SMILES string of the molecule is CCC(O)c1cccc(NC(=O)OCc2ccccc2)c1. The lowest BCUT2D eigenvalue weighted by atomic mass is 10.1. The van der Waals surface area contributed by atoms with Gasteiger partial charge in [-0.2, -0.15) is 0 Å². The number of nitrogens with one attached hydrogen (secondary N) is 1. The highest BCUT2D eigenvalue weighted by Crippen LogP contribution is 2.20. The second-order valence-electron chi connectivity index (χ2n) is 4.74. The summed E-state index contributed by atoms with van der Waals surface area (Å²) >= 11 is 0. The third-order valence-corrected chi connectivity index (χ3v) is 3.12. The molecule has 0 bridgehead atoms. The van der Waals surface area contributed by atoms with Crippen LogP contribution >= 0.6 is 0 Å². The fraction of sp³-hybridized carbons (Fsp3) is 0.235. The minimum Gasteiger partial charge on any atom is -0.444 e. The first-order chi connectivity index (χ1) is 10.2. The molecule has 4 nitrogen and oxygen atoms in total. The Morgan fingerprint density at radius 1 is 1.19 bits per heavy atom. The molecule has 1 amide bonds. The van der Waals surface area contributed by atoms with Crippen molar-refractivity contribution in [3.8, 4) is 0 Å². The first-order valence-corrected chi connectivity index (χ1v) is 6.94. The van der Waals surface area contributed by atoms with E-state index in [0.29, 0.717) is 12.1 Å². The van der Waals surface area contributed by atoms with Crippen molar-refractivity contribution in [2.75, 3.05) is 5.32 Å². The Hall–Kier alpha value is -2.33. The molecular weight excluding hydrogens is 266 g/mol. The Morgan fingerprint density at radius 3 is 2.67 bits per heavy atom. The van der Waals surface area contributed by atoms with Crippen molar-refractivity contribution in [3.63, 3.8) is 0 Å². The van der Waals surface area contributed by atoms with Crippen LogP contribution in [0.2, 0.25) is 0 Å². The van der Waals surface area contributed by atoms with Crippen LogP contribution in [0.5, 0.6) is 0 Å². The van der Waals surface area contributed by atoms with E-state index in [1.54, 1.807) is 18.2 Å². The van der Waals surface area contributed by atoms with Gasteiger partial charge in [0, 0.05) is 5.69 Å². The Labute approximate surface area is 124 Å². The van der Waals surface area contributed by atoms with Crippen LogP contribution in [-0.4, -0.2) is 11.2 Å². The first-order valence-electron chi connectivity index (χ1n) is 6.94. The summed E-state index contributed by atoms with van der Waals surface area (Å²) in [6.45, 7) is 2.13. The van der Waals surface area contributed by atoms with Gasteiger partial charge in [-0.1, -0.05) is 49.4 Å². The zero-order chi connectivity index (χ0) is 15.1. The van der Waals surface area contributed by atoms with Crippen molar-refractivity contribution in [2.24, 2.45) is 0 Å². The van der Waals surface area contributed by atoms with Crippen molar-refractivity contribution in [1.29, 1.82) is 0 Å². The van der Waals surface area contributed by atoms with Crippen LogP contribution in [-0.2, 0) is 11.3 Å². The van der Waals surface area contributed by atoms with E-state index in [-0.39, 0.29) is 6.61 Å². The van der Waals surface area contributed by atoms with Gasteiger partial charge in [0.1, 0.15) is 6.61 Å². The molecule has 0 fully saturated rings. The van der Waals surface area contributed by atoms with Gasteiger partial charge in [-0.15, -0.1) is 0 Å². The number of hydrogen-bond donors (Lipinski definition) is 2. The third-order valence-electron chi connectivity index (χ3n) is 3.12. The molecule has 1 unspecified atom stereocenters. The maximum atomic E-state index is 11.7. The third kappa shape index (κ3) is 4.61. The van der Waals surface area contributed by atoms with Gasteiger partial charge in [0.05, 0.1) is 6.10 Å². The Bertz CT molecular complexity index is 584. The standard InChI is InChI=1S/C17H19NO3/c1-2-16(19)14-9-6-10-15(11-14)18-17(20)21-12-13-7-4-3-5-8-13/h3-11,16,19H,2,12H2,1H3,(H,18,20). The van der Waals surface area contributed by atoms with Gasteiger partial charge in [-0.3, -0.25) is 5.32 Å². The van der Waals surface area contributed by atoms with Gasteiger partial charge >= 0.3 is 6.09 Å². The second-order valence-corrected chi connectivity index (χ2v) is 4.74. The second kappa shape index (κ2) is 7.45. The zero-order valence-corrected chi connectivity index (χ0v) is 12.0. The average Bonchev–Trinajstić information content (AvgIpc) is 2.53. The predicted octanol–water partition coefficient (Wildman–Crippen LogP) is 3.88. The molecule has 21 heavy (non-hydrogen) atoms. The van der Waals surface area contributed by atoms with E-state index in [1.807, 2.05) is 43.3 Å². The van der Waals surface area contributed by atoms with Crippen molar-refractivity contribution in [1.82, 2.24) is 0 Å². The Kier molecular flexibility index (Phi) is 5.35. The highest BCUT2D eigenvalue weighted by atomic mass is 16.5. The number of carbonyl (C=O) groups excluding carboxylic acids is 1. The topological polar surface area (TPSA) is 58.6 Å². The molecule has 0 spiro atoms. The number of anilines is 1. The Morgan fingerprint density at radius 2 is 1.95 bits per heavy atom. The summed E-state index contributed by atoms with van der Waals surface area (Å²) in [5, 5.41) is 12.5. The van der Waals surface area contributed by atoms with Crippen molar-refractivity contribution >= 4 is 11.8 Å². The maximum absolute atomic E-state index is 11.7. The van der Waals surface area contributed by atoms with Crippen molar-refractivity contribution < 1.29 is 14.6 Å². The molecule has 2 rings (SSSR count). The van der Waals surface area contributed by atoms with Crippen LogP contribution in [0, 0.1) is 0 Å². The molecule has 0 saturated heterocycles. The van der Waals surface area contributed by atoms with Gasteiger partial charge < -0.3 is 9.84 Å². The average molecular weight is 285 g/mol. The van der Waals surface area contributed by atoms with Gasteiger partial charge in [-0.05, 0) is 29.7 Å². The highest BCUT2D eigenvalue weighted by molar-refractivity contribution is 5.84. The fourth-order valence-corrected chi connectivity index (χ4v) is 1.94. The van der Waals surface area contributed by atoms with E-state index < -0.39 is 12.2 Å². The van der Waals surface area contributed by atoms with Crippen LogP contribution < -0.4 is 5.32 Å². The van der Waals surface area contributed by atoms with Gasteiger partial charge in [0.25, 0.3) is 0 Å². The molecule has 2 aromatic carbocycles. The first kappa shape index (κ1) is 15.1. The van der Waals surface area contributed by atoms with Crippen LogP contribution in [0.1, 0.15) is 30.6 Å². The summed E-state index contributed by atoms with van der Waals surface area (Å²) in [6, 6.07) is 16.6. The predicted molar refractivity (Wildman–Crippen MR) is 81.9 cm³/mol. The number of rotatable bonds is 5. The molecule has 2 N–H and O–H groups in total. The van der Waals surface area contributed by atoms with Crippen molar-refractivity contribution in [3.05, 3.63) is 65.7 Å². The number of carbonyl (C=O) groups is 1. The molecule has 0 aromatic heterocycles. The molecule has 0 radical (unpaired) electrons. The molecule has 0 saturated carbocycles. The smallest absolute Gasteiger partial charge is 0.411 e. The van der Waals surface area contributed by atoms with E-state index in [4.69, 9.17) is 4.74 Å².